The molecule has 1 aromatic heterocycles. The number of amides is 1. The topological polar surface area (TPSA) is 88.8 Å². The smallest absolute Gasteiger partial charge is 0.408 e. The van der Waals surface area contributed by atoms with E-state index in [0.717, 1.165) is 0 Å². The highest BCUT2D eigenvalue weighted by atomic mass is 19.1. The second-order valence-electron chi connectivity index (χ2n) is 6.52. The predicted octanol–water partition coefficient (Wildman–Crippen LogP) is 3.61. The highest BCUT2D eigenvalue weighted by molar-refractivity contribution is 5.80. The monoisotopic (exact) mass is 349 g/mol. The van der Waals surface area contributed by atoms with Gasteiger partial charge in [-0.1, -0.05) is 12.1 Å². The van der Waals surface area contributed by atoms with Crippen molar-refractivity contribution < 1.29 is 28.2 Å². The van der Waals surface area contributed by atoms with Crippen LogP contribution in [0.2, 0.25) is 0 Å². The van der Waals surface area contributed by atoms with Crippen molar-refractivity contribution in [3.8, 4) is 11.3 Å². The van der Waals surface area contributed by atoms with Crippen LogP contribution in [0.15, 0.2) is 40.8 Å². The van der Waals surface area contributed by atoms with Gasteiger partial charge in [0.25, 0.3) is 0 Å². The number of carboxylic acid groups (broad SMARTS) is 1. The normalized spacial score (nSPS) is 12.5. The van der Waals surface area contributed by atoms with E-state index in [1.165, 1.54) is 12.1 Å². The van der Waals surface area contributed by atoms with Crippen molar-refractivity contribution in [3.05, 3.63) is 48.0 Å². The zero-order valence-corrected chi connectivity index (χ0v) is 14.2. The molecule has 0 fully saturated rings. The molecule has 7 heteroatoms. The third-order valence-corrected chi connectivity index (χ3v) is 3.17. The highest BCUT2D eigenvalue weighted by Gasteiger charge is 2.25. The van der Waals surface area contributed by atoms with E-state index in [-0.39, 0.29) is 6.42 Å². The summed E-state index contributed by atoms with van der Waals surface area (Å²) in [5.74, 6) is -0.848. The first-order valence-electron chi connectivity index (χ1n) is 7.71. The van der Waals surface area contributed by atoms with Gasteiger partial charge in [-0.25, -0.2) is 14.0 Å². The Morgan fingerprint density at radius 1 is 1.28 bits per heavy atom. The van der Waals surface area contributed by atoms with Crippen molar-refractivity contribution in [1.29, 1.82) is 0 Å². The highest BCUT2D eigenvalue weighted by Crippen LogP contribution is 2.23. The fraction of sp³-hybridized carbons (Fsp3) is 0.333. The number of alkyl carbamates (subject to hydrolysis) is 1. The minimum Gasteiger partial charge on any atom is -0.480 e. The summed E-state index contributed by atoms with van der Waals surface area (Å²) in [6, 6.07) is 7.87. The Morgan fingerprint density at radius 2 is 2.00 bits per heavy atom. The van der Waals surface area contributed by atoms with Crippen LogP contribution in [0.25, 0.3) is 11.3 Å². The number of ether oxygens (including phenoxy) is 1. The SMILES string of the molecule is CC(C)(C)OC(=O)NC(Cc1ccc(-c2cccc(F)c2)o1)C(=O)O. The zero-order valence-electron chi connectivity index (χ0n) is 14.2. The van der Waals surface area contributed by atoms with Crippen molar-refractivity contribution in [2.75, 3.05) is 0 Å². The molecule has 0 aliphatic rings. The van der Waals surface area contributed by atoms with Crippen LogP contribution in [0.5, 0.6) is 0 Å². The molecule has 2 rings (SSSR count). The zero-order chi connectivity index (χ0) is 18.6. The molecular formula is C18H20FNO5. The largest absolute Gasteiger partial charge is 0.480 e. The quantitative estimate of drug-likeness (QED) is 0.861. The number of carboxylic acids is 1. The van der Waals surface area contributed by atoms with Crippen LogP contribution < -0.4 is 5.32 Å². The van der Waals surface area contributed by atoms with Crippen molar-refractivity contribution in [2.24, 2.45) is 0 Å². The minimum absolute atomic E-state index is 0.0656. The van der Waals surface area contributed by atoms with E-state index in [1.54, 1.807) is 45.0 Å². The maximum atomic E-state index is 13.3. The minimum atomic E-state index is -1.21. The molecule has 0 radical (unpaired) electrons. The lowest BCUT2D eigenvalue weighted by molar-refractivity contribution is -0.139. The summed E-state index contributed by atoms with van der Waals surface area (Å²) in [5.41, 5.74) is -0.194. The molecule has 0 saturated carbocycles. The van der Waals surface area contributed by atoms with E-state index in [2.05, 4.69) is 5.32 Å². The molecule has 6 nitrogen and oxygen atoms in total. The second-order valence-corrected chi connectivity index (χ2v) is 6.52. The van der Waals surface area contributed by atoms with Gasteiger partial charge in [-0.05, 0) is 45.0 Å². The summed E-state index contributed by atoms with van der Waals surface area (Å²) in [6.07, 6.45) is -0.888. The Kier molecular flexibility index (Phi) is 5.46. The molecule has 1 aromatic carbocycles. The van der Waals surface area contributed by atoms with Crippen molar-refractivity contribution in [3.63, 3.8) is 0 Å². The molecule has 0 aliphatic carbocycles. The van der Waals surface area contributed by atoms with Crippen LogP contribution in [-0.2, 0) is 16.0 Å². The van der Waals surface area contributed by atoms with E-state index >= 15 is 0 Å². The number of furan rings is 1. The lowest BCUT2D eigenvalue weighted by Crippen LogP contribution is -2.44. The van der Waals surface area contributed by atoms with Crippen LogP contribution in [0.1, 0.15) is 26.5 Å². The molecule has 1 heterocycles. The number of carbonyl (C=O) groups excluding carboxylic acids is 1. The molecular weight excluding hydrogens is 329 g/mol. The molecule has 2 N–H and O–H groups in total. The molecule has 0 aliphatic heterocycles. The van der Waals surface area contributed by atoms with Gasteiger partial charge < -0.3 is 19.6 Å². The van der Waals surface area contributed by atoms with E-state index in [1.807, 2.05) is 0 Å². The van der Waals surface area contributed by atoms with Gasteiger partial charge in [-0.2, -0.15) is 0 Å². The number of aliphatic carboxylic acids is 1. The van der Waals surface area contributed by atoms with Gasteiger partial charge in [0.05, 0.1) is 0 Å². The maximum Gasteiger partial charge on any atom is 0.408 e. The van der Waals surface area contributed by atoms with Crippen LogP contribution in [0, 0.1) is 5.82 Å². The maximum absolute atomic E-state index is 13.3. The molecule has 2 aromatic rings. The van der Waals surface area contributed by atoms with Crippen molar-refractivity contribution >= 4 is 12.1 Å². The van der Waals surface area contributed by atoms with Crippen molar-refractivity contribution in [1.82, 2.24) is 5.32 Å². The third-order valence-electron chi connectivity index (χ3n) is 3.17. The number of halogens is 1. The molecule has 1 amide bonds. The number of benzene rings is 1. The van der Waals surface area contributed by atoms with Crippen LogP contribution in [-0.4, -0.2) is 28.8 Å². The summed E-state index contributed by atoms with van der Waals surface area (Å²) < 4.78 is 23.9. The number of carbonyl (C=O) groups is 2. The van der Waals surface area contributed by atoms with Crippen LogP contribution in [0.4, 0.5) is 9.18 Å². The Hall–Kier alpha value is -2.83. The number of nitrogens with one attached hydrogen (secondary N) is 1. The van der Waals surface area contributed by atoms with Gasteiger partial charge in [-0.3, -0.25) is 0 Å². The predicted molar refractivity (Wildman–Crippen MR) is 88.6 cm³/mol. The average molecular weight is 349 g/mol. The Labute approximate surface area is 144 Å². The Balaban J connectivity index is 2.08. The fourth-order valence-corrected chi connectivity index (χ4v) is 2.14. The Morgan fingerprint density at radius 3 is 2.60 bits per heavy atom. The summed E-state index contributed by atoms with van der Waals surface area (Å²) in [6.45, 7) is 5.04. The molecule has 25 heavy (non-hydrogen) atoms. The fourth-order valence-electron chi connectivity index (χ4n) is 2.14. The molecule has 1 atom stereocenters. The molecule has 1 unspecified atom stereocenters. The first kappa shape index (κ1) is 18.5. The van der Waals surface area contributed by atoms with E-state index in [9.17, 15) is 19.1 Å². The van der Waals surface area contributed by atoms with Gasteiger partial charge in [0.1, 0.15) is 29.0 Å². The molecule has 0 bridgehead atoms. The molecule has 0 spiro atoms. The molecule has 0 saturated heterocycles. The lowest BCUT2D eigenvalue weighted by atomic mass is 10.1. The van der Waals surface area contributed by atoms with E-state index in [4.69, 9.17) is 9.15 Å². The van der Waals surface area contributed by atoms with Gasteiger partial charge >= 0.3 is 12.1 Å². The number of hydrogen-bond donors (Lipinski definition) is 2. The van der Waals surface area contributed by atoms with Crippen LogP contribution in [0.3, 0.4) is 0 Å². The summed E-state index contributed by atoms with van der Waals surface area (Å²) >= 11 is 0. The van der Waals surface area contributed by atoms with Gasteiger partial charge in [0, 0.05) is 12.0 Å². The Bertz CT molecular complexity index is 763. The summed E-state index contributed by atoms with van der Waals surface area (Å²) in [7, 11) is 0. The van der Waals surface area contributed by atoms with E-state index in [0.29, 0.717) is 17.1 Å². The second kappa shape index (κ2) is 7.38. The molecule has 134 valence electrons. The lowest BCUT2D eigenvalue weighted by Gasteiger charge is -2.21. The van der Waals surface area contributed by atoms with Gasteiger partial charge in [-0.15, -0.1) is 0 Å². The number of rotatable bonds is 5. The van der Waals surface area contributed by atoms with Crippen LogP contribution >= 0.6 is 0 Å². The average Bonchev–Trinajstić information content (AvgIpc) is 2.93. The standard InChI is InChI=1S/C18H20FNO5/c1-18(2,3)25-17(23)20-14(16(21)22)10-13-7-8-15(24-13)11-5-4-6-12(19)9-11/h4-9,14H,10H2,1-3H3,(H,20,23)(H,21,22). The first-order valence-corrected chi connectivity index (χ1v) is 7.71. The van der Waals surface area contributed by atoms with Crippen molar-refractivity contribution in [2.45, 2.75) is 38.8 Å². The summed E-state index contributed by atoms with van der Waals surface area (Å²) in [5, 5.41) is 11.6. The summed E-state index contributed by atoms with van der Waals surface area (Å²) in [4.78, 5) is 23.1. The van der Waals surface area contributed by atoms with E-state index < -0.39 is 29.5 Å². The van der Waals surface area contributed by atoms with Gasteiger partial charge in [0.15, 0.2) is 0 Å². The number of hydrogen-bond acceptors (Lipinski definition) is 4. The van der Waals surface area contributed by atoms with Gasteiger partial charge in [0.2, 0.25) is 0 Å². The first-order chi connectivity index (χ1) is 11.6. The third kappa shape index (κ3) is 5.63.